The van der Waals surface area contributed by atoms with Crippen LogP contribution in [0.15, 0.2) is 17.1 Å². The highest BCUT2D eigenvalue weighted by Gasteiger charge is 2.62. The standard InChI is InChI=1S/C21H31F2N3O8/c1-3-5-7-11-31-19(29)25-15-9-10-26(18(28)24-15)17-21(22,23)16(14(13-27)33-17)34-20(30)32-12-8-6-4-2/h9-10,14,16-17,27H,3-8,11-13H2,1-2H3,(H,24,25,28,29)/t14-,16-,17-/m1/s1. The molecular weight excluding hydrogens is 460 g/mol. The summed E-state index contributed by atoms with van der Waals surface area (Å²) in [6.45, 7) is 3.22. The monoisotopic (exact) mass is 491 g/mol. The molecule has 192 valence electrons. The normalized spacial score (nSPS) is 21.1. The van der Waals surface area contributed by atoms with E-state index in [1.165, 1.54) is 0 Å². The second kappa shape index (κ2) is 13.2. The van der Waals surface area contributed by atoms with Gasteiger partial charge in [-0.3, -0.25) is 9.88 Å². The summed E-state index contributed by atoms with van der Waals surface area (Å²) in [6, 6.07) is 1.11. The number of unbranched alkanes of at least 4 members (excludes halogenated alkanes) is 4. The van der Waals surface area contributed by atoms with Gasteiger partial charge in [0.05, 0.1) is 19.8 Å². The Balaban J connectivity index is 2.06. The minimum Gasteiger partial charge on any atom is -0.449 e. The Kier molecular flexibility index (Phi) is 10.6. The quantitative estimate of drug-likeness (QED) is 0.333. The van der Waals surface area contributed by atoms with E-state index < -0.39 is 48.9 Å². The van der Waals surface area contributed by atoms with Crippen LogP contribution in [0, 0.1) is 0 Å². The summed E-state index contributed by atoms with van der Waals surface area (Å²) in [5.41, 5.74) is -1.16. The van der Waals surface area contributed by atoms with E-state index in [2.05, 4.69) is 10.3 Å². The van der Waals surface area contributed by atoms with Gasteiger partial charge in [0, 0.05) is 6.20 Å². The molecule has 13 heteroatoms. The lowest BCUT2D eigenvalue weighted by Gasteiger charge is -2.23. The molecular formula is C21H31F2N3O8. The van der Waals surface area contributed by atoms with Crippen LogP contribution >= 0.6 is 0 Å². The number of aliphatic hydroxyl groups is 1. The Hall–Kier alpha value is -2.80. The van der Waals surface area contributed by atoms with Crippen molar-refractivity contribution in [1.29, 1.82) is 0 Å². The van der Waals surface area contributed by atoms with Gasteiger partial charge in [0.2, 0.25) is 12.3 Å². The summed E-state index contributed by atoms with van der Waals surface area (Å²) < 4.78 is 50.2. The zero-order chi connectivity index (χ0) is 25.1. The van der Waals surface area contributed by atoms with E-state index in [0.29, 0.717) is 17.4 Å². The van der Waals surface area contributed by atoms with Crippen LogP contribution in [0.25, 0.3) is 0 Å². The van der Waals surface area contributed by atoms with Gasteiger partial charge in [0.15, 0.2) is 0 Å². The molecule has 11 nitrogen and oxygen atoms in total. The molecule has 1 aromatic heterocycles. The van der Waals surface area contributed by atoms with Gasteiger partial charge in [-0.1, -0.05) is 39.5 Å². The summed E-state index contributed by atoms with van der Waals surface area (Å²) in [4.78, 5) is 39.5. The maximum absolute atomic E-state index is 15.0. The number of nitrogens with zero attached hydrogens (tertiary/aromatic N) is 2. The number of aliphatic hydroxyl groups excluding tert-OH is 1. The maximum atomic E-state index is 15.0. The lowest BCUT2D eigenvalue weighted by molar-refractivity contribution is -0.146. The van der Waals surface area contributed by atoms with Crippen molar-refractivity contribution < 1.29 is 42.4 Å². The van der Waals surface area contributed by atoms with Gasteiger partial charge < -0.3 is 24.1 Å². The molecule has 0 bridgehead atoms. The predicted molar refractivity (Wildman–Crippen MR) is 115 cm³/mol. The first-order valence-electron chi connectivity index (χ1n) is 11.2. The van der Waals surface area contributed by atoms with Crippen molar-refractivity contribution in [3.8, 4) is 0 Å². The Morgan fingerprint density at radius 3 is 2.41 bits per heavy atom. The molecule has 3 atom stereocenters. The van der Waals surface area contributed by atoms with Gasteiger partial charge in [-0.2, -0.15) is 13.8 Å². The molecule has 0 aromatic carbocycles. The molecule has 2 heterocycles. The number of aromatic nitrogens is 2. The zero-order valence-electron chi connectivity index (χ0n) is 19.2. The van der Waals surface area contributed by atoms with Crippen molar-refractivity contribution in [3.05, 3.63) is 22.7 Å². The molecule has 2 rings (SSSR count). The number of rotatable bonds is 12. The Bertz CT molecular complexity index is 867. The number of carbonyl (C=O) groups excluding carboxylic acids is 2. The van der Waals surface area contributed by atoms with Crippen LogP contribution in [0.1, 0.15) is 58.6 Å². The minimum atomic E-state index is -3.89. The van der Waals surface area contributed by atoms with Crippen molar-refractivity contribution in [3.63, 3.8) is 0 Å². The van der Waals surface area contributed by atoms with Gasteiger partial charge in [-0.05, 0) is 18.9 Å². The molecule has 2 N–H and O–H groups in total. The van der Waals surface area contributed by atoms with Crippen molar-refractivity contribution in [2.24, 2.45) is 0 Å². The summed E-state index contributed by atoms with van der Waals surface area (Å²) in [7, 11) is 0. The van der Waals surface area contributed by atoms with E-state index in [1.807, 2.05) is 13.8 Å². The Labute approximate surface area is 195 Å². The number of hydrogen-bond acceptors (Lipinski definition) is 9. The number of alkyl halides is 2. The zero-order valence-corrected chi connectivity index (χ0v) is 19.2. The molecule has 1 amide bonds. The summed E-state index contributed by atoms with van der Waals surface area (Å²) in [5, 5.41) is 11.7. The molecule has 1 saturated heterocycles. The number of carbonyl (C=O) groups is 2. The Morgan fingerprint density at radius 1 is 1.18 bits per heavy atom. The lowest BCUT2D eigenvalue weighted by Crippen LogP contribution is -2.44. The molecule has 0 saturated carbocycles. The number of halogens is 2. The van der Waals surface area contributed by atoms with Crippen LogP contribution in [0.2, 0.25) is 0 Å². The van der Waals surface area contributed by atoms with E-state index in [1.54, 1.807) is 0 Å². The third kappa shape index (κ3) is 7.35. The van der Waals surface area contributed by atoms with Gasteiger partial charge in [-0.15, -0.1) is 0 Å². The van der Waals surface area contributed by atoms with E-state index in [4.69, 9.17) is 18.9 Å². The van der Waals surface area contributed by atoms with Crippen LogP contribution in [0.3, 0.4) is 0 Å². The number of hydrogen-bond donors (Lipinski definition) is 2. The summed E-state index contributed by atoms with van der Waals surface area (Å²) >= 11 is 0. The molecule has 0 unspecified atom stereocenters. The molecule has 0 radical (unpaired) electrons. The lowest BCUT2D eigenvalue weighted by atomic mass is 10.1. The summed E-state index contributed by atoms with van der Waals surface area (Å²) in [6.07, 6.45) is -2.52. The van der Waals surface area contributed by atoms with Gasteiger partial charge in [0.25, 0.3) is 0 Å². The highest BCUT2D eigenvalue weighted by atomic mass is 19.3. The number of ether oxygens (including phenoxy) is 4. The topological polar surface area (TPSA) is 138 Å². The number of anilines is 1. The summed E-state index contributed by atoms with van der Waals surface area (Å²) in [5.74, 6) is -4.10. The fourth-order valence-corrected chi connectivity index (χ4v) is 3.22. The molecule has 1 aliphatic rings. The predicted octanol–water partition coefficient (Wildman–Crippen LogP) is 3.22. The number of nitrogens with one attached hydrogen (secondary N) is 1. The van der Waals surface area contributed by atoms with E-state index in [0.717, 1.165) is 37.9 Å². The first-order valence-corrected chi connectivity index (χ1v) is 11.2. The van der Waals surface area contributed by atoms with Crippen LogP contribution in [-0.2, 0) is 18.9 Å². The van der Waals surface area contributed by atoms with Crippen molar-refractivity contribution >= 4 is 18.1 Å². The van der Waals surface area contributed by atoms with Crippen molar-refractivity contribution in [2.75, 3.05) is 25.1 Å². The minimum absolute atomic E-state index is 0.00206. The fraction of sp³-hybridized carbons (Fsp3) is 0.714. The highest BCUT2D eigenvalue weighted by Crippen LogP contribution is 2.43. The SMILES string of the molecule is CCCCCOC(=O)Nc1ccn([C@@H]2O[C@H](CO)[C@@H](OC(=O)OCCCCC)C2(F)F)c(=O)n1. The molecule has 0 spiro atoms. The van der Waals surface area contributed by atoms with Crippen LogP contribution < -0.4 is 11.0 Å². The third-order valence-electron chi connectivity index (χ3n) is 5.01. The third-order valence-corrected chi connectivity index (χ3v) is 5.01. The molecule has 1 aromatic rings. The second-order valence-electron chi connectivity index (χ2n) is 7.70. The Morgan fingerprint density at radius 2 is 1.82 bits per heavy atom. The van der Waals surface area contributed by atoms with Gasteiger partial charge in [-0.25, -0.2) is 14.4 Å². The average Bonchev–Trinajstić information content (AvgIpc) is 3.04. The number of amides is 1. The average molecular weight is 491 g/mol. The van der Waals surface area contributed by atoms with Crippen LogP contribution in [-0.4, -0.2) is 64.9 Å². The fourth-order valence-electron chi connectivity index (χ4n) is 3.22. The maximum Gasteiger partial charge on any atom is 0.508 e. The molecule has 0 aliphatic carbocycles. The van der Waals surface area contributed by atoms with E-state index in [-0.39, 0.29) is 19.0 Å². The smallest absolute Gasteiger partial charge is 0.449 e. The second-order valence-corrected chi connectivity index (χ2v) is 7.70. The van der Waals surface area contributed by atoms with Crippen LogP contribution in [0.5, 0.6) is 0 Å². The largest absolute Gasteiger partial charge is 0.508 e. The molecule has 1 fully saturated rings. The van der Waals surface area contributed by atoms with Crippen molar-refractivity contribution in [2.45, 2.75) is 76.7 Å². The van der Waals surface area contributed by atoms with Gasteiger partial charge in [0.1, 0.15) is 11.9 Å². The molecule has 1 aliphatic heterocycles. The van der Waals surface area contributed by atoms with Gasteiger partial charge >= 0.3 is 23.9 Å². The van der Waals surface area contributed by atoms with Crippen LogP contribution in [0.4, 0.5) is 24.2 Å². The first-order chi connectivity index (χ1) is 16.2. The van der Waals surface area contributed by atoms with E-state index >= 15 is 8.78 Å². The first kappa shape index (κ1) is 27.4. The van der Waals surface area contributed by atoms with Crippen molar-refractivity contribution in [1.82, 2.24) is 9.55 Å². The van der Waals surface area contributed by atoms with E-state index in [9.17, 15) is 19.5 Å². The highest BCUT2D eigenvalue weighted by molar-refractivity contribution is 5.83. The molecule has 34 heavy (non-hydrogen) atoms.